The molecule has 0 fully saturated rings. The molecule has 1 aromatic rings. The topological polar surface area (TPSA) is 69.6 Å². The fraction of sp³-hybridized carbons (Fsp3) is 0.417. The number of rotatable bonds is 6. The van der Waals surface area contributed by atoms with E-state index < -0.39 is 23.2 Å². The third-order valence-electron chi connectivity index (χ3n) is 2.51. The number of aliphatic hydroxyl groups is 1. The molecule has 0 aliphatic heterocycles. The third kappa shape index (κ3) is 3.40. The largest absolute Gasteiger partial charge is 0.478 e. The lowest BCUT2D eigenvalue weighted by molar-refractivity contribution is 0.0690. The van der Waals surface area contributed by atoms with E-state index in [4.69, 9.17) is 10.2 Å². The van der Waals surface area contributed by atoms with Gasteiger partial charge >= 0.3 is 5.97 Å². The minimum absolute atomic E-state index is 0.0286. The lowest BCUT2D eigenvalue weighted by atomic mass is 10.1. The molecule has 0 aliphatic carbocycles. The average Bonchev–Trinajstić information content (AvgIpc) is 2.32. The standard InChI is InChI=1S/C12H15F2NO3/c1-7(3-2-6-16)15-9-5-4-8(12(17)18)10(13)11(9)14/h4-5,7,15-16H,2-3,6H2,1H3,(H,17,18). The molecule has 1 atom stereocenters. The summed E-state index contributed by atoms with van der Waals surface area (Å²) in [6.45, 7) is 1.79. The highest BCUT2D eigenvalue weighted by molar-refractivity contribution is 5.88. The summed E-state index contributed by atoms with van der Waals surface area (Å²) in [6.07, 6.45) is 1.14. The van der Waals surface area contributed by atoms with Crippen LogP contribution in [0.4, 0.5) is 14.5 Å². The predicted octanol–water partition coefficient (Wildman–Crippen LogP) is 2.24. The Hall–Kier alpha value is -1.69. The van der Waals surface area contributed by atoms with Crippen molar-refractivity contribution in [2.75, 3.05) is 11.9 Å². The van der Waals surface area contributed by atoms with E-state index in [0.29, 0.717) is 12.8 Å². The second-order valence-corrected chi connectivity index (χ2v) is 4.01. The van der Waals surface area contributed by atoms with E-state index in [2.05, 4.69) is 5.32 Å². The molecular weight excluding hydrogens is 244 g/mol. The van der Waals surface area contributed by atoms with Gasteiger partial charge in [-0.15, -0.1) is 0 Å². The molecule has 0 aliphatic rings. The number of aliphatic hydroxyl groups excluding tert-OH is 1. The van der Waals surface area contributed by atoms with E-state index in [9.17, 15) is 13.6 Å². The maximum atomic E-state index is 13.6. The quantitative estimate of drug-likeness (QED) is 0.732. The van der Waals surface area contributed by atoms with Gasteiger partial charge in [-0.05, 0) is 31.9 Å². The molecule has 1 unspecified atom stereocenters. The minimum Gasteiger partial charge on any atom is -0.478 e. The zero-order valence-corrected chi connectivity index (χ0v) is 9.91. The molecule has 0 saturated carbocycles. The van der Waals surface area contributed by atoms with Crippen molar-refractivity contribution in [3.8, 4) is 0 Å². The molecule has 0 spiro atoms. The van der Waals surface area contributed by atoms with Gasteiger partial charge in [0.25, 0.3) is 0 Å². The summed E-state index contributed by atoms with van der Waals surface area (Å²) in [4.78, 5) is 10.6. The van der Waals surface area contributed by atoms with Crippen LogP contribution in [0.3, 0.4) is 0 Å². The molecule has 0 amide bonds. The third-order valence-corrected chi connectivity index (χ3v) is 2.51. The van der Waals surface area contributed by atoms with Gasteiger partial charge in [-0.3, -0.25) is 0 Å². The molecule has 0 aromatic heterocycles. The van der Waals surface area contributed by atoms with Crippen LogP contribution in [-0.4, -0.2) is 28.8 Å². The van der Waals surface area contributed by atoms with Crippen LogP contribution in [0.5, 0.6) is 0 Å². The van der Waals surface area contributed by atoms with Gasteiger partial charge in [0, 0.05) is 12.6 Å². The van der Waals surface area contributed by atoms with Gasteiger partial charge in [0.15, 0.2) is 11.6 Å². The van der Waals surface area contributed by atoms with Crippen molar-refractivity contribution >= 4 is 11.7 Å². The first-order valence-electron chi connectivity index (χ1n) is 5.56. The van der Waals surface area contributed by atoms with Crippen molar-refractivity contribution in [1.29, 1.82) is 0 Å². The van der Waals surface area contributed by atoms with Crippen molar-refractivity contribution < 1.29 is 23.8 Å². The summed E-state index contributed by atoms with van der Waals surface area (Å²) in [7, 11) is 0. The van der Waals surface area contributed by atoms with Crippen LogP contribution < -0.4 is 5.32 Å². The van der Waals surface area contributed by atoms with Crippen LogP contribution in [0.1, 0.15) is 30.1 Å². The Kier molecular flexibility index (Phi) is 5.03. The van der Waals surface area contributed by atoms with Gasteiger partial charge in [0.2, 0.25) is 0 Å². The molecule has 3 N–H and O–H groups in total. The lowest BCUT2D eigenvalue weighted by Gasteiger charge is -2.15. The molecule has 1 rings (SSSR count). The maximum absolute atomic E-state index is 13.6. The molecular formula is C12H15F2NO3. The van der Waals surface area contributed by atoms with Gasteiger partial charge < -0.3 is 15.5 Å². The van der Waals surface area contributed by atoms with Gasteiger partial charge in [-0.2, -0.15) is 0 Å². The van der Waals surface area contributed by atoms with Crippen molar-refractivity contribution in [3.63, 3.8) is 0 Å². The van der Waals surface area contributed by atoms with E-state index in [1.165, 1.54) is 6.07 Å². The van der Waals surface area contributed by atoms with Gasteiger partial charge in [-0.25, -0.2) is 13.6 Å². The van der Waals surface area contributed by atoms with Crippen LogP contribution in [0.15, 0.2) is 12.1 Å². The molecule has 0 saturated heterocycles. The molecule has 100 valence electrons. The van der Waals surface area contributed by atoms with E-state index in [0.717, 1.165) is 6.07 Å². The summed E-state index contributed by atoms with van der Waals surface area (Å²) in [6, 6.07) is 2.06. The first-order valence-corrected chi connectivity index (χ1v) is 5.56. The molecule has 6 heteroatoms. The molecule has 0 heterocycles. The molecule has 18 heavy (non-hydrogen) atoms. The number of benzene rings is 1. The van der Waals surface area contributed by atoms with Gasteiger partial charge in [0.1, 0.15) is 0 Å². The maximum Gasteiger partial charge on any atom is 0.338 e. The number of aromatic carboxylic acids is 1. The van der Waals surface area contributed by atoms with Crippen molar-refractivity contribution in [1.82, 2.24) is 0 Å². The van der Waals surface area contributed by atoms with Gasteiger partial charge in [0.05, 0.1) is 11.3 Å². The zero-order valence-electron chi connectivity index (χ0n) is 9.91. The van der Waals surface area contributed by atoms with Crippen LogP contribution in [0, 0.1) is 11.6 Å². The number of nitrogens with one attached hydrogen (secondary N) is 1. The normalized spacial score (nSPS) is 12.2. The number of hydrogen-bond acceptors (Lipinski definition) is 3. The predicted molar refractivity (Wildman–Crippen MR) is 62.7 cm³/mol. The van der Waals surface area contributed by atoms with Crippen LogP contribution in [0.2, 0.25) is 0 Å². The Balaban J connectivity index is 2.85. The first-order chi connectivity index (χ1) is 8.47. The average molecular weight is 259 g/mol. The van der Waals surface area contributed by atoms with Crippen molar-refractivity contribution in [2.45, 2.75) is 25.8 Å². The number of carboxylic acid groups (broad SMARTS) is 1. The van der Waals surface area contributed by atoms with E-state index in [1.807, 2.05) is 0 Å². The van der Waals surface area contributed by atoms with E-state index in [-0.39, 0.29) is 18.3 Å². The summed E-state index contributed by atoms with van der Waals surface area (Å²) in [5, 5.41) is 20.0. The lowest BCUT2D eigenvalue weighted by Crippen LogP contribution is -2.17. The Morgan fingerprint density at radius 2 is 2.06 bits per heavy atom. The van der Waals surface area contributed by atoms with Crippen LogP contribution in [0.25, 0.3) is 0 Å². The monoisotopic (exact) mass is 259 g/mol. The Bertz CT molecular complexity index is 438. The second kappa shape index (κ2) is 6.30. The second-order valence-electron chi connectivity index (χ2n) is 4.01. The number of hydrogen-bond donors (Lipinski definition) is 3. The highest BCUT2D eigenvalue weighted by Gasteiger charge is 2.18. The highest BCUT2D eigenvalue weighted by atomic mass is 19.2. The minimum atomic E-state index is -1.51. The van der Waals surface area contributed by atoms with Gasteiger partial charge in [-0.1, -0.05) is 0 Å². The van der Waals surface area contributed by atoms with Crippen molar-refractivity contribution in [3.05, 3.63) is 29.3 Å². The molecule has 0 radical (unpaired) electrons. The Morgan fingerprint density at radius 3 is 2.61 bits per heavy atom. The number of carboxylic acids is 1. The fourth-order valence-corrected chi connectivity index (χ4v) is 1.56. The summed E-state index contributed by atoms with van der Waals surface area (Å²) in [5.41, 5.74) is -0.774. The Labute approximate surface area is 103 Å². The van der Waals surface area contributed by atoms with E-state index in [1.54, 1.807) is 6.92 Å². The molecule has 0 bridgehead atoms. The molecule has 4 nitrogen and oxygen atoms in total. The highest BCUT2D eigenvalue weighted by Crippen LogP contribution is 2.22. The zero-order chi connectivity index (χ0) is 13.7. The Morgan fingerprint density at radius 1 is 1.39 bits per heavy atom. The van der Waals surface area contributed by atoms with Crippen LogP contribution >= 0.6 is 0 Å². The van der Waals surface area contributed by atoms with E-state index >= 15 is 0 Å². The molecule has 1 aromatic carbocycles. The smallest absolute Gasteiger partial charge is 0.338 e. The summed E-state index contributed by atoms with van der Waals surface area (Å²) < 4.78 is 26.9. The summed E-state index contributed by atoms with van der Waals surface area (Å²) >= 11 is 0. The first kappa shape index (κ1) is 14.4. The fourth-order valence-electron chi connectivity index (χ4n) is 1.56. The summed E-state index contributed by atoms with van der Waals surface area (Å²) in [5.74, 6) is -4.08. The SMILES string of the molecule is CC(CCCO)Nc1ccc(C(=O)O)c(F)c1F. The number of carbonyl (C=O) groups is 1. The number of halogens is 2. The van der Waals surface area contributed by atoms with Crippen LogP contribution in [-0.2, 0) is 0 Å². The van der Waals surface area contributed by atoms with Crippen molar-refractivity contribution in [2.24, 2.45) is 0 Å². The number of anilines is 1.